The van der Waals surface area contributed by atoms with Gasteiger partial charge in [0.2, 0.25) is 5.91 Å². The van der Waals surface area contributed by atoms with Crippen molar-refractivity contribution in [2.24, 2.45) is 5.92 Å². The van der Waals surface area contributed by atoms with Crippen molar-refractivity contribution in [2.45, 2.75) is 37.8 Å². The standard InChI is InChI=1S/C21H22N4O5/c26-17(13-7-9-21(10-8-13)19(28)24-20(29)25-21)23-16-6-2-1-5-15(16)18(27)22-12-14-4-3-11-30-14/h1-6,11,13H,7-10,12H2,(H,22,27)(H,23,26)(H2,24,25,28,29). The van der Waals surface area contributed by atoms with Crippen LogP contribution in [0.25, 0.3) is 0 Å². The van der Waals surface area contributed by atoms with E-state index in [0.29, 0.717) is 42.7 Å². The molecule has 1 saturated carbocycles. The Balaban J connectivity index is 1.37. The van der Waals surface area contributed by atoms with Crippen molar-refractivity contribution < 1.29 is 23.6 Å². The van der Waals surface area contributed by atoms with Crippen molar-refractivity contribution in [2.75, 3.05) is 5.32 Å². The fourth-order valence-corrected chi connectivity index (χ4v) is 3.95. The summed E-state index contributed by atoms with van der Waals surface area (Å²) in [5, 5.41) is 10.6. The lowest BCUT2D eigenvalue weighted by Gasteiger charge is -2.33. The van der Waals surface area contributed by atoms with Crippen molar-refractivity contribution in [1.29, 1.82) is 0 Å². The van der Waals surface area contributed by atoms with Crippen molar-refractivity contribution >= 4 is 29.4 Å². The normalized spacial score (nSPS) is 23.0. The molecule has 0 bridgehead atoms. The number of nitrogens with one attached hydrogen (secondary N) is 4. The number of furan rings is 1. The van der Waals surface area contributed by atoms with Crippen molar-refractivity contribution in [1.82, 2.24) is 16.0 Å². The zero-order chi connectivity index (χ0) is 21.1. The second-order valence-corrected chi connectivity index (χ2v) is 7.56. The lowest BCUT2D eigenvalue weighted by Crippen LogP contribution is -2.50. The maximum atomic E-state index is 12.8. The monoisotopic (exact) mass is 410 g/mol. The number of carbonyl (C=O) groups is 4. The number of hydrogen-bond donors (Lipinski definition) is 4. The van der Waals surface area contributed by atoms with E-state index in [1.54, 1.807) is 36.4 Å². The first-order valence-electron chi connectivity index (χ1n) is 9.81. The van der Waals surface area contributed by atoms with Gasteiger partial charge in [-0.15, -0.1) is 0 Å². The highest BCUT2D eigenvalue weighted by Gasteiger charge is 2.48. The molecule has 0 atom stereocenters. The third kappa shape index (κ3) is 3.91. The first-order valence-corrected chi connectivity index (χ1v) is 9.81. The van der Waals surface area contributed by atoms with E-state index in [4.69, 9.17) is 4.42 Å². The molecule has 9 nitrogen and oxygen atoms in total. The molecule has 2 aliphatic rings. The Hall–Kier alpha value is -3.62. The smallest absolute Gasteiger partial charge is 0.322 e. The molecule has 1 spiro atoms. The van der Waals surface area contributed by atoms with Gasteiger partial charge >= 0.3 is 6.03 Å². The number of benzene rings is 1. The van der Waals surface area contributed by atoms with Gasteiger partial charge in [0, 0.05) is 5.92 Å². The molecule has 1 aliphatic carbocycles. The van der Waals surface area contributed by atoms with E-state index in [9.17, 15) is 19.2 Å². The largest absolute Gasteiger partial charge is 0.467 e. The zero-order valence-electron chi connectivity index (χ0n) is 16.2. The number of carbonyl (C=O) groups excluding carboxylic acids is 4. The lowest BCUT2D eigenvalue weighted by atomic mass is 9.76. The molecule has 1 saturated heterocycles. The predicted octanol–water partition coefficient (Wildman–Crippen LogP) is 1.92. The van der Waals surface area contributed by atoms with Gasteiger partial charge in [-0.3, -0.25) is 19.7 Å². The molecule has 5 amide bonds. The van der Waals surface area contributed by atoms with Gasteiger partial charge in [0.1, 0.15) is 11.3 Å². The van der Waals surface area contributed by atoms with Crippen LogP contribution in [-0.2, 0) is 16.1 Å². The Bertz CT molecular complexity index is 977. The fraction of sp³-hybridized carbons (Fsp3) is 0.333. The molecule has 30 heavy (non-hydrogen) atoms. The number of para-hydroxylation sites is 1. The van der Waals surface area contributed by atoms with E-state index in [1.807, 2.05) is 0 Å². The fourth-order valence-electron chi connectivity index (χ4n) is 3.95. The Labute approximate surface area is 172 Å². The van der Waals surface area contributed by atoms with Crippen LogP contribution in [0.15, 0.2) is 47.1 Å². The van der Waals surface area contributed by atoms with Crippen LogP contribution in [0, 0.1) is 5.92 Å². The Kier molecular flexibility index (Phi) is 5.26. The maximum absolute atomic E-state index is 12.8. The number of rotatable bonds is 5. The summed E-state index contributed by atoms with van der Waals surface area (Å²) in [5.74, 6) is -0.537. The van der Waals surface area contributed by atoms with Gasteiger partial charge in [0.15, 0.2) is 0 Å². The first-order chi connectivity index (χ1) is 14.5. The van der Waals surface area contributed by atoms with Gasteiger partial charge in [-0.05, 0) is 49.9 Å². The summed E-state index contributed by atoms with van der Waals surface area (Å²) >= 11 is 0. The summed E-state index contributed by atoms with van der Waals surface area (Å²) in [6, 6.07) is 9.80. The van der Waals surface area contributed by atoms with Gasteiger partial charge in [-0.2, -0.15) is 0 Å². The van der Waals surface area contributed by atoms with E-state index < -0.39 is 11.6 Å². The van der Waals surface area contributed by atoms with E-state index in [0.717, 1.165) is 0 Å². The molecule has 0 radical (unpaired) electrons. The maximum Gasteiger partial charge on any atom is 0.322 e. The number of amides is 5. The van der Waals surface area contributed by atoms with Gasteiger partial charge < -0.3 is 20.4 Å². The second-order valence-electron chi connectivity index (χ2n) is 7.56. The zero-order valence-corrected chi connectivity index (χ0v) is 16.2. The highest BCUT2D eigenvalue weighted by atomic mass is 16.3. The third-order valence-electron chi connectivity index (χ3n) is 5.66. The molecule has 2 fully saturated rings. The summed E-state index contributed by atoms with van der Waals surface area (Å²) in [6.07, 6.45) is 3.26. The molecular weight excluding hydrogens is 388 g/mol. The number of imide groups is 1. The van der Waals surface area contributed by atoms with Gasteiger partial charge in [0.25, 0.3) is 11.8 Å². The summed E-state index contributed by atoms with van der Waals surface area (Å²) in [4.78, 5) is 48.9. The Morgan fingerprint density at radius 1 is 1.10 bits per heavy atom. The quantitative estimate of drug-likeness (QED) is 0.560. The SMILES string of the molecule is O=C1NC(=O)C2(CCC(C(=O)Nc3ccccc3C(=O)NCc3ccco3)CC2)N1. The van der Waals surface area contributed by atoms with E-state index >= 15 is 0 Å². The van der Waals surface area contributed by atoms with Crippen LogP contribution < -0.4 is 21.3 Å². The highest BCUT2D eigenvalue weighted by Crippen LogP contribution is 2.35. The average molecular weight is 410 g/mol. The van der Waals surface area contributed by atoms with Gasteiger partial charge in [0.05, 0.1) is 24.1 Å². The molecular formula is C21H22N4O5. The predicted molar refractivity (Wildman–Crippen MR) is 106 cm³/mol. The molecule has 156 valence electrons. The van der Waals surface area contributed by atoms with Gasteiger partial charge in [-0.25, -0.2) is 4.79 Å². The van der Waals surface area contributed by atoms with Crippen LogP contribution in [0.5, 0.6) is 0 Å². The molecule has 0 unspecified atom stereocenters. The number of urea groups is 1. The number of hydrogen-bond acceptors (Lipinski definition) is 5. The summed E-state index contributed by atoms with van der Waals surface area (Å²) in [6.45, 7) is 0.243. The van der Waals surface area contributed by atoms with Crippen LogP contribution in [0.4, 0.5) is 10.5 Å². The van der Waals surface area contributed by atoms with Crippen LogP contribution in [0.2, 0.25) is 0 Å². The average Bonchev–Trinajstić information content (AvgIpc) is 3.35. The third-order valence-corrected chi connectivity index (χ3v) is 5.66. The second kappa shape index (κ2) is 8.02. The Morgan fingerprint density at radius 3 is 2.53 bits per heavy atom. The van der Waals surface area contributed by atoms with Crippen molar-refractivity contribution in [3.63, 3.8) is 0 Å². The summed E-state index contributed by atoms with van der Waals surface area (Å²) in [5.41, 5.74) is -0.129. The molecule has 2 heterocycles. The van der Waals surface area contributed by atoms with Crippen LogP contribution in [0.3, 0.4) is 0 Å². The van der Waals surface area contributed by atoms with Crippen molar-refractivity contribution in [3.8, 4) is 0 Å². The molecule has 2 aromatic rings. The van der Waals surface area contributed by atoms with Crippen LogP contribution in [-0.4, -0.2) is 29.3 Å². The Morgan fingerprint density at radius 2 is 1.87 bits per heavy atom. The minimum atomic E-state index is -0.905. The minimum Gasteiger partial charge on any atom is -0.467 e. The molecule has 1 aromatic carbocycles. The summed E-state index contributed by atoms with van der Waals surface area (Å²) < 4.78 is 5.21. The first kappa shape index (κ1) is 19.7. The van der Waals surface area contributed by atoms with E-state index in [2.05, 4.69) is 21.3 Å². The van der Waals surface area contributed by atoms with Crippen LogP contribution in [0.1, 0.15) is 41.8 Å². The summed E-state index contributed by atoms with van der Waals surface area (Å²) in [7, 11) is 0. The molecule has 4 rings (SSSR count). The molecule has 1 aromatic heterocycles. The van der Waals surface area contributed by atoms with Crippen molar-refractivity contribution in [3.05, 3.63) is 54.0 Å². The van der Waals surface area contributed by atoms with E-state index in [-0.39, 0.29) is 30.2 Å². The van der Waals surface area contributed by atoms with Crippen LogP contribution >= 0.6 is 0 Å². The lowest BCUT2D eigenvalue weighted by molar-refractivity contribution is -0.128. The highest BCUT2D eigenvalue weighted by molar-refractivity contribution is 6.07. The molecule has 4 N–H and O–H groups in total. The molecule has 9 heteroatoms. The number of anilines is 1. The topological polar surface area (TPSA) is 130 Å². The van der Waals surface area contributed by atoms with Gasteiger partial charge in [-0.1, -0.05) is 12.1 Å². The minimum absolute atomic E-state index is 0.208. The van der Waals surface area contributed by atoms with E-state index in [1.165, 1.54) is 6.26 Å². The molecule has 1 aliphatic heterocycles.